The second-order valence-corrected chi connectivity index (χ2v) is 9.14. The Bertz CT molecular complexity index is 1520. The van der Waals surface area contributed by atoms with Crippen LogP contribution in [-0.2, 0) is 22.7 Å². The summed E-state index contributed by atoms with van der Waals surface area (Å²) in [5.41, 5.74) is 4.70. The molecule has 0 fully saturated rings. The lowest BCUT2D eigenvalue weighted by molar-refractivity contribution is -0.144. The first-order chi connectivity index (χ1) is 20.1. The van der Waals surface area contributed by atoms with Crippen molar-refractivity contribution < 1.29 is 19.1 Å². The molecule has 1 amide bonds. The summed E-state index contributed by atoms with van der Waals surface area (Å²) in [6, 6.07) is 31.7. The third-order valence-electron chi connectivity index (χ3n) is 6.13. The molecule has 0 aliphatic rings. The van der Waals surface area contributed by atoms with Gasteiger partial charge in [0.2, 0.25) is 0 Å². The monoisotopic (exact) mass is 544 g/mol. The Labute approximate surface area is 238 Å². The van der Waals surface area contributed by atoms with E-state index >= 15 is 0 Å². The number of amides is 1. The van der Waals surface area contributed by atoms with Crippen LogP contribution in [-0.4, -0.2) is 33.4 Å². The maximum absolute atomic E-state index is 13.0. The third-order valence-corrected chi connectivity index (χ3v) is 6.13. The summed E-state index contributed by atoms with van der Waals surface area (Å²) in [6.45, 7) is 0.746. The topological polar surface area (TPSA) is 103 Å². The van der Waals surface area contributed by atoms with Crippen LogP contribution in [0.3, 0.4) is 0 Å². The molecule has 0 aliphatic heterocycles. The Morgan fingerprint density at radius 2 is 1.27 bits per heavy atom. The van der Waals surface area contributed by atoms with Crippen LogP contribution < -0.4 is 10.1 Å². The molecule has 3 aromatic heterocycles. The first kappa shape index (κ1) is 27.2. The number of nitrogens with zero attached hydrogens (tertiary/aromatic N) is 3. The van der Waals surface area contributed by atoms with Crippen molar-refractivity contribution in [3.8, 4) is 28.5 Å². The SMILES string of the molecule is O=C(CCNC(=O)c1cc(-c2ccccn2)nc(-c2ccccn2)c1)OCc1ccc(OCc2ccccc2)cc1. The van der Waals surface area contributed by atoms with Crippen LogP contribution in [0, 0.1) is 0 Å². The fourth-order valence-electron chi connectivity index (χ4n) is 3.99. The van der Waals surface area contributed by atoms with Gasteiger partial charge in [0.05, 0.1) is 29.2 Å². The lowest BCUT2D eigenvalue weighted by Gasteiger charge is -2.10. The second-order valence-electron chi connectivity index (χ2n) is 9.14. The van der Waals surface area contributed by atoms with E-state index in [1.165, 1.54) is 0 Å². The smallest absolute Gasteiger partial charge is 0.307 e. The summed E-state index contributed by atoms with van der Waals surface area (Å²) in [5.74, 6) is -0.00593. The van der Waals surface area contributed by atoms with Crippen LogP contribution in [0.1, 0.15) is 27.9 Å². The molecule has 41 heavy (non-hydrogen) atoms. The molecule has 5 aromatic rings. The molecule has 8 heteroatoms. The Kier molecular flexibility index (Phi) is 9.04. The second kappa shape index (κ2) is 13.6. The molecular formula is C33H28N4O4. The van der Waals surface area contributed by atoms with Crippen molar-refractivity contribution in [3.05, 3.63) is 132 Å². The Morgan fingerprint density at radius 3 is 1.88 bits per heavy atom. The molecule has 0 saturated carbocycles. The Morgan fingerprint density at radius 1 is 0.659 bits per heavy atom. The fraction of sp³-hybridized carbons (Fsp3) is 0.121. The van der Waals surface area contributed by atoms with Gasteiger partial charge in [-0.25, -0.2) is 4.98 Å². The average Bonchev–Trinajstić information content (AvgIpc) is 3.04. The highest BCUT2D eigenvalue weighted by Crippen LogP contribution is 2.22. The number of rotatable bonds is 11. The lowest BCUT2D eigenvalue weighted by Crippen LogP contribution is -2.26. The van der Waals surface area contributed by atoms with Gasteiger partial charge in [-0.15, -0.1) is 0 Å². The number of nitrogens with one attached hydrogen (secondary N) is 1. The Balaban J connectivity index is 1.12. The van der Waals surface area contributed by atoms with Crippen LogP contribution >= 0.6 is 0 Å². The third kappa shape index (κ3) is 7.83. The molecule has 1 N–H and O–H groups in total. The number of carbonyl (C=O) groups is 2. The summed E-state index contributed by atoms with van der Waals surface area (Å²) < 4.78 is 11.2. The normalized spacial score (nSPS) is 10.5. The van der Waals surface area contributed by atoms with Crippen molar-refractivity contribution in [1.82, 2.24) is 20.3 Å². The van der Waals surface area contributed by atoms with Gasteiger partial charge in [0.15, 0.2) is 0 Å². The van der Waals surface area contributed by atoms with Gasteiger partial charge in [-0.2, -0.15) is 0 Å². The molecule has 0 radical (unpaired) electrons. The van der Waals surface area contributed by atoms with E-state index in [1.54, 1.807) is 24.5 Å². The van der Waals surface area contributed by atoms with E-state index in [2.05, 4.69) is 20.3 Å². The van der Waals surface area contributed by atoms with Gasteiger partial charge in [0.1, 0.15) is 19.0 Å². The van der Waals surface area contributed by atoms with Crippen molar-refractivity contribution in [2.24, 2.45) is 0 Å². The summed E-state index contributed by atoms with van der Waals surface area (Å²) >= 11 is 0. The van der Waals surface area contributed by atoms with Crippen LogP contribution in [0.25, 0.3) is 22.8 Å². The minimum atomic E-state index is -0.409. The molecule has 2 aromatic carbocycles. The molecule has 5 rings (SSSR count). The van der Waals surface area contributed by atoms with Gasteiger partial charge in [0.25, 0.3) is 5.91 Å². The highest BCUT2D eigenvalue weighted by Gasteiger charge is 2.14. The number of hydrogen-bond donors (Lipinski definition) is 1. The lowest BCUT2D eigenvalue weighted by atomic mass is 10.1. The molecule has 0 spiro atoms. The maximum atomic E-state index is 13.0. The predicted molar refractivity (Wildman–Crippen MR) is 155 cm³/mol. The van der Waals surface area contributed by atoms with Gasteiger partial charge >= 0.3 is 5.97 Å². The highest BCUT2D eigenvalue weighted by molar-refractivity contribution is 5.96. The van der Waals surface area contributed by atoms with E-state index in [-0.39, 0.29) is 25.5 Å². The van der Waals surface area contributed by atoms with Gasteiger partial charge in [-0.1, -0.05) is 54.6 Å². The molecule has 0 atom stereocenters. The van der Waals surface area contributed by atoms with Crippen LogP contribution in [0.4, 0.5) is 0 Å². The van der Waals surface area contributed by atoms with E-state index in [4.69, 9.17) is 9.47 Å². The van der Waals surface area contributed by atoms with Gasteiger partial charge in [-0.3, -0.25) is 19.6 Å². The van der Waals surface area contributed by atoms with Crippen LogP contribution in [0.5, 0.6) is 5.75 Å². The quantitative estimate of drug-likeness (QED) is 0.214. The highest BCUT2D eigenvalue weighted by atomic mass is 16.5. The summed E-state index contributed by atoms with van der Waals surface area (Å²) in [4.78, 5) is 38.7. The summed E-state index contributed by atoms with van der Waals surface area (Å²) in [6.07, 6.45) is 3.38. The number of hydrogen-bond acceptors (Lipinski definition) is 7. The van der Waals surface area contributed by atoms with Crippen molar-refractivity contribution in [2.45, 2.75) is 19.6 Å². The van der Waals surface area contributed by atoms with Crippen LogP contribution in [0.2, 0.25) is 0 Å². The van der Waals surface area contributed by atoms with E-state index in [9.17, 15) is 9.59 Å². The standard InChI is InChI=1S/C33H28N4O4/c38-32(41-23-25-12-14-27(15-13-25)40-22-24-8-2-1-3-9-24)16-19-36-33(39)26-20-30(28-10-4-6-17-34-28)37-31(21-26)29-11-5-7-18-35-29/h1-15,17-18,20-21H,16,19,22-23H2,(H,36,39). The predicted octanol–water partition coefficient (Wildman–Crippen LogP) is 5.65. The first-order valence-electron chi connectivity index (χ1n) is 13.2. The average molecular weight is 545 g/mol. The van der Waals surface area contributed by atoms with Gasteiger partial charge < -0.3 is 14.8 Å². The van der Waals surface area contributed by atoms with Crippen LogP contribution in [0.15, 0.2) is 116 Å². The minimum absolute atomic E-state index is 0.0370. The number of esters is 1. The minimum Gasteiger partial charge on any atom is -0.489 e. The largest absolute Gasteiger partial charge is 0.489 e. The van der Waals surface area contributed by atoms with Crippen molar-refractivity contribution in [2.75, 3.05) is 6.54 Å². The zero-order valence-corrected chi connectivity index (χ0v) is 22.3. The van der Waals surface area contributed by atoms with Gasteiger partial charge in [-0.05, 0) is 59.7 Å². The summed E-state index contributed by atoms with van der Waals surface area (Å²) in [7, 11) is 0. The first-order valence-corrected chi connectivity index (χ1v) is 13.2. The fourth-order valence-corrected chi connectivity index (χ4v) is 3.99. The molecule has 204 valence electrons. The Hall–Kier alpha value is -5.37. The number of aromatic nitrogens is 3. The number of pyridine rings is 3. The zero-order valence-electron chi connectivity index (χ0n) is 22.3. The molecule has 0 unspecified atom stereocenters. The van der Waals surface area contributed by atoms with E-state index in [0.717, 1.165) is 16.9 Å². The van der Waals surface area contributed by atoms with Crippen molar-refractivity contribution in [1.29, 1.82) is 0 Å². The van der Waals surface area contributed by atoms with Crippen molar-refractivity contribution in [3.63, 3.8) is 0 Å². The van der Waals surface area contributed by atoms with E-state index < -0.39 is 5.97 Å². The molecule has 0 aliphatic carbocycles. The molecule has 0 bridgehead atoms. The molecule has 0 saturated heterocycles. The maximum Gasteiger partial charge on any atom is 0.307 e. The summed E-state index contributed by atoms with van der Waals surface area (Å²) in [5, 5.41) is 2.80. The van der Waals surface area contributed by atoms with E-state index in [0.29, 0.717) is 34.9 Å². The zero-order chi connectivity index (χ0) is 28.3. The molecule has 8 nitrogen and oxygen atoms in total. The number of carbonyl (C=O) groups excluding carboxylic acids is 2. The number of benzene rings is 2. The molecular weight excluding hydrogens is 516 g/mol. The number of ether oxygens (including phenoxy) is 2. The molecule has 3 heterocycles. The van der Waals surface area contributed by atoms with Crippen molar-refractivity contribution >= 4 is 11.9 Å². The van der Waals surface area contributed by atoms with E-state index in [1.807, 2.05) is 91.0 Å². The van der Waals surface area contributed by atoms with Gasteiger partial charge in [0, 0.05) is 24.5 Å².